The summed E-state index contributed by atoms with van der Waals surface area (Å²) in [6.45, 7) is 7.70. The smallest absolute Gasteiger partial charge is 0.240 e. The fourth-order valence-corrected chi connectivity index (χ4v) is 3.12. The van der Waals surface area contributed by atoms with Crippen molar-refractivity contribution >= 4 is 11.8 Å². The van der Waals surface area contributed by atoms with Crippen LogP contribution in [0, 0.1) is 0 Å². The lowest BCUT2D eigenvalue weighted by molar-refractivity contribution is -0.141. The van der Waals surface area contributed by atoms with Gasteiger partial charge in [-0.25, -0.2) is 0 Å². The minimum atomic E-state index is -0.397. The second-order valence-electron chi connectivity index (χ2n) is 6.34. The Morgan fingerprint density at radius 2 is 1.88 bits per heavy atom. The van der Waals surface area contributed by atoms with Gasteiger partial charge in [-0.15, -0.1) is 0 Å². The molecule has 5 heteroatoms. The van der Waals surface area contributed by atoms with E-state index in [2.05, 4.69) is 19.2 Å². The van der Waals surface area contributed by atoms with E-state index in [1.807, 2.05) is 40.1 Å². The molecule has 1 atom stereocenters. The summed E-state index contributed by atoms with van der Waals surface area (Å²) in [7, 11) is 0. The van der Waals surface area contributed by atoms with Gasteiger partial charge in [0.15, 0.2) is 0 Å². The molecule has 1 aliphatic rings. The molecule has 0 aromatic heterocycles. The first-order valence-corrected chi connectivity index (χ1v) is 8.99. The van der Waals surface area contributed by atoms with Gasteiger partial charge in [-0.3, -0.25) is 9.59 Å². The van der Waals surface area contributed by atoms with Crippen LogP contribution >= 0.6 is 0 Å². The Morgan fingerprint density at radius 1 is 1.21 bits per heavy atom. The van der Waals surface area contributed by atoms with E-state index < -0.39 is 6.04 Å². The summed E-state index contributed by atoms with van der Waals surface area (Å²) in [5, 5.41) is 3.22. The van der Waals surface area contributed by atoms with Crippen molar-refractivity contribution in [3.8, 4) is 0 Å². The summed E-state index contributed by atoms with van der Waals surface area (Å²) in [5.74, 6) is 0.109. The molecule has 1 aliphatic heterocycles. The number of hydrogen-bond donors (Lipinski definition) is 1. The summed E-state index contributed by atoms with van der Waals surface area (Å²) < 4.78 is 0. The predicted molar refractivity (Wildman–Crippen MR) is 95.4 cm³/mol. The van der Waals surface area contributed by atoms with Gasteiger partial charge in [-0.2, -0.15) is 0 Å². The van der Waals surface area contributed by atoms with Crippen LogP contribution in [0.2, 0.25) is 0 Å². The molecule has 132 valence electrons. The molecule has 1 saturated heterocycles. The molecule has 1 fully saturated rings. The third-order valence-corrected chi connectivity index (χ3v) is 4.32. The van der Waals surface area contributed by atoms with Gasteiger partial charge in [-0.1, -0.05) is 44.2 Å². The van der Waals surface area contributed by atoms with Crippen molar-refractivity contribution in [2.45, 2.75) is 45.7 Å². The number of piperazine rings is 1. The van der Waals surface area contributed by atoms with Crippen molar-refractivity contribution in [3.63, 3.8) is 0 Å². The Kier molecular flexibility index (Phi) is 7.25. The van der Waals surface area contributed by atoms with Crippen LogP contribution in [0.4, 0.5) is 0 Å². The standard InChI is InChI=1S/C19H29N3O2/c1-3-11-21(12-4-2)18(23)14-17-19(24)22(13-10-20-17)15-16-8-6-5-7-9-16/h5-9,17,20H,3-4,10-15H2,1-2H3. The Hall–Kier alpha value is -1.88. The maximum Gasteiger partial charge on any atom is 0.240 e. The first kappa shape index (κ1) is 18.5. The van der Waals surface area contributed by atoms with Crippen molar-refractivity contribution in [1.29, 1.82) is 0 Å². The number of rotatable bonds is 8. The highest BCUT2D eigenvalue weighted by Gasteiger charge is 2.31. The second-order valence-corrected chi connectivity index (χ2v) is 6.34. The monoisotopic (exact) mass is 331 g/mol. The van der Waals surface area contributed by atoms with Gasteiger partial charge in [0, 0.05) is 32.7 Å². The first-order chi connectivity index (χ1) is 11.7. The van der Waals surface area contributed by atoms with Crippen molar-refractivity contribution in [2.75, 3.05) is 26.2 Å². The summed E-state index contributed by atoms with van der Waals surface area (Å²) in [5.41, 5.74) is 1.12. The second kappa shape index (κ2) is 9.42. The number of carbonyl (C=O) groups excluding carboxylic acids is 2. The van der Waals surface area contributed by atoms with Crippen molar-refractivity contribution in [1.82, 2.24) is 15.1 Å². The summed E-state index contributed by atoms with van der Waals surface area (Å²) >= 11 is 0. The molecule has 2 amide bonds. The Labute approximate surface area is 145 Å². The van der Waals surface area contributed by atoms with E-state index in [1.165, 1.54) is 0 Å². The van der Waals surface area contributed by atoms with Gasteiger partial charge in [0.25, 0.3) is 0 Å². The average molecular weight is 331 g/mol. The van der Waals surface area contributed by atoms with Crippen LogP contribution in [0.3, 0.4) is 0 Å². The van der Waals surface area contributed by atoms with E-state index in [4.69, 9.17) is 0 Å². The molecular weight excluding hydrogens is 302 g/mol. The van der Waals surface area contributed by atoms with E-state index in [0.717, 1.165) is 38.0 Å². The molecule has 0 radical (unpaired) electrons. The van der Waals surface area contributed by atoms with E-state index in [1.54, 1.807) is 0 Å². The molecule has 24 heavy (non-hydrogen) atoms. The summed E-state index contributed by atoms with van der Waals surface area (Å²) in [6, 6.07) is 9.60. The zero-order chi connectivity index (χ0) is 17.4. The molecule has 5 nitrogen and oxygen atoms in total. The minimum absolute atomic E-state index is 0.0337. The number of nitrogens with one attached hydrogen (secondary N) is 1. The third kappa shape index (κ3) is 5.06. The average Bonchev–Trinajstić information content (AvgIpc) is 2.59. The maximum atomic E-state index is 12.7. The van der Waals surface area contributed by atoms with E-state index >= 15 is 0 Å². The molecular formula is C19H29N3O2. The van der Waals surface area contributed by atoms with Crippen LogP contribution in [0.25, 0.3) is 0 Å². The quantitative estimate of drug-likeness (QED) is 0.793. The van der Waals surface area contributed by atoms with E-state index in [-0.39, 0.29) is 18.2 Å². The van der Waals surface area contributed by atoms with Gasteiger partial charge in [-0.05, 0) is 18.4 Å². The van der Waals surface area contributed by atoms with Crippen molar-refractivity contribution in [3.05, 3.63) is 35.9 Å². The van der Waals surface area contributed by atoms with E-state index in [0.29, 0.717) is 13.1 Å². The molecule has 0 bridgehead atoms. The maximum absolute atomic E-state index is 12.7. The lowest BCUT2D eigenvalue weighted by atomic mass is 10.1. The predicted octanol–water partition coefficient (Wildman–Crippen LogP) is 2.03. The fourth-order valence-electron chi connectivity index (χ4n) is 3.12. The van der Waals surface area contributed by atoms with Crippen LogP contribution in [-0.4, -0.2) is 53.8 Å². The van der Waals surface area contributed by atoms with Gasteiger partial charge >= 0.3 is 0 Å². The highest BCUT2D eigenvalue weighted by molar-refractivity contribution is 5.89. The SMILES string of the molecule is CCCN(CCC)C(=O)CC1NCCN(Cc2ccccc2)C1=O. The molecule has 0 saturated carbocycles. The van der Waals surface area contributed by atoms with Gasteiger partial charge in [0.05, 0.1) is 12.5 Å². The van der Waals surface area contributed by atoms with Crippen molar-refractivity contribution in [2.24, 2.45) is 0 Å². The number of hydrogen-bond acceptors (Lipinski definition) is 3. The van der Waals surface area contributed by atoms with Gasteiger partial charge in [0.1, 0.15) is 0 Å². The Morgan fingerprint density at radius 3 is 2.50 bits per heavy atom. The van der Waals surface area contributed by atoms with Crippen LogP contribution in [0.5, 0.6) is 0 Å². The summed E-state index contributed by atoms with van der Waals surface area (Å²) in [4.78, 5) is 28.9. The first-order valence-electron chi connectivity index (χ1n) is 8.99. The molecule has 1 aromatic rings. The number of benzene rings is 1. The van der Waals surface area contributed by atoms with Crippen LogP contribution in [-0.2, 0) is 16.1 Å². The molecule has 2 rings (SSSR count). The van der Waals surface area contributed by atoms with Crippen LogP contribution < -0.4 is 5.32 Å². The molecule has 0 spiro atoms. The highest BCUT2D eigenvalue weighted by atomic mass is 16.2. The largest absolute Gasteiger partial charge is 0.343 e. The number of nitrogens with zero attached hydrogens (tertiary/aromatic N) is 2. The third-order valence-electron chi connectivity index (χ3n) is 4.32. The Bertz CT molecular complexity index is 527. The number of amides is 2. The van der Waals surface area contributed by atoms with Crippen LogP contribution in [0.15, 0.2) is 30.3 Å². The van der Waals surface area contributed by atoms with Gasteiger partial charge in [0.2, 0.25) is 11.8 Å². The molecule has 1 N–H and O–H groups in total. The Balaban J connectivity index is 1.95. The van der Waals surface area contributed by atoms with E-state index in [9.17, 15) is 9.59 Å². The molecule has 0 aliphatic carbocycles. The zero-order valence-electron chi connectivity index (χ0n) is 14.8. The van der Waals surface area contributed by atoms with Crippen LogP contribution in [0.1, 0.15) is 38.7 Å². The lowest BCUT2D eigenvalue weighted by Gasteiger charge is -2.34. The molecule has 1 unspecified atom stereocenters. The number of carbonyl (C=O) groups is 2. The molecule has 1 aromatic carbocycles. The summed E-state index contributed by atoms with van der Waals surface area (Å²) in [6.07, 6.45) is 2.14. The lowest BCUT2D eigenvalue weighted by Crippen LogP contribution is -2.56. The minimum Gasteiger partial charge on any atom is -0.343 e. The van der Waals surface area contributed by atoms with Crippen molar-refractivity contribution < 1.29 is 9.59 Å². The zero-order valence-corrected chi connectivity index (χ0v) is 14.8. The normalized spacial score (nSPS) is 17.8. The molecule has 1 heterocycles. The fraction of sp³-hybridized carbons (Fsp3) is 0.579. The van der Waals surface area contributed by atoms with Gasteiger partial charge < -0.3 is 15.1 Å². The topological polar surface area (TPSA) is 52.7 Å². The highest BCUT2D eigenvalue weighted by Crippen LogP contribution is 2.12.